The molecule has 0 aliphatic carbocycles. The zero-order valence-corrected chi connectivity index (χ0v) is 19.6. The van der Waals surface area contributed by atoms with E-state index in [0.717, 1.165) is 12.8 Å². The van der Waals surface area contributed by atoms with E-state index in [1.807, 2.05) is 20.8 Å². The Labute approximate surface area is 191 Å². The van der Waals surface area contributed by atoms with Crippen molar-refractivity contribution in [3.63, 3.8) is 0 Å². The number of halogens is 3. The number of rotatable bonds is 1. The Kier molecular flexibility index (Phi) is 4.82. The molecule has 0 N–H and O–H groups in total. The summed E-state index contributed by atoms with van der Waals surface area (Å²) in [5, 5.41) is 1.07. The van der Waals surface area contributed by atoms with Gasteiger partial charge in [-0.3, -0.25) is 0 Å². The summed E-state index contributed by atoms with van der Waals surface area (Å²) in [4.78, 5) is 25.2. The van der Waals surface area contributed by atoms with Crippen LogP contribution in [-0.2, 0) is 4.74 Å². The van der Waals surface area contributed by atoms with Crippen molar-refractivity contribution in [3.05, 3.63) is 27.9 Å². The van der Waals surface area contributed by atoms with Gasteiger partial charge in [0.25, 0.3) is 0 Å². The minimum absolute atomic E-state index is 0.0113. The van der Waals surface area contributed by atoms with Crippen LogP contribution in [0.2, 0.25) is 5.28 Å². The predicted molar refractivity (Wildman–Crippen MR) is 119 cm³/mol. The van der Waals surface area contributed by atoms with Crippen LogP contribution in [0.25, 0.3) is 21.9 Å². The van der Waals surface area contributed by atoms with Gasteiger partial charge in [0.05, 0.1) is 16.1 Å². The number of anilines is 1. The molecule has 4 heterocycles. The van der Waals surface area contributed by atoms with Gasteiger partial charge >= 0.3 is 6.09 Å². The van der Waals surface area contributed by atoms with Gasteiger partial charge in [-0.05, 0) is 67.2 Å². The van der Waals surface area contributed by atoms with Crippen molar-refractivity contribution < 1.29 is 18.3 Å². The van der Waals surface area contributed by atoms with Gasteiger partial charge in [0.1, 0.15) is 22.5 Å². The van der Waals surface area contributed by atoms with Gasteiger partial charge < -0.3 is 19.0 Å². The fourth-order valence-corrected chi connectivity index (χ4v) is 5.26. The molecule has 3 aromatic rings. The molecule has 2 saturated heterocycles. The molecule has 0 spiro atoms. The number of aromatic nitrogens is 2. The van der Waals surface area contributed by atoms with Gasteiger partial charge in [-0.2, -0.15) is 4.98 Å². The number of furan rings is 1. The van der Waals surface area contributed by atoms with Crippen LogP contribution in [0.1, 0.15) is 33.6 Å². The van der Waals surface area contributed by atoms with E-state index in [2.05, 4.69) is 30.8 Å². The highest BCUT2D eigenvalue weighted by Gasteiger charge is 2.44. The molecular formula is C21H21BrClFN4O3. The number of fused-ring (bicyclic) bond motifs is 5. The second-order valence-electron chi connectivity index (χ2n) is 9.01. The number of ether oxygens (including phenoxy) is 1. The second-order valence-corrected chi connectivity index (χ2v) is 10.1. The van der Waals surface area contributed by atoms with Crippen molar-refractivity contribution in [2.45, 2.75) is 51.3 Å². The highest BCUT2D eigenvalue weighted by molar-refractivity contribution is 9.10. The maximum atomic E-state index is 15.1. The second kappa shape index (κ2) is 7.20. The Morgan fingerprint density at radius 3 is 2.61 bits per heavy atom. The zero-order chi connectivity index (χ0) is 22.1. The van der Waals surface area contributed by atoms with E-state index in [4.69, 9.17) is 20.8 Å². The predicted octanol–water partition coefficient (Wildman–Crippen LogP) is 5.52. The minimum Gasteiger partial charge on any atom is -0.463 e. The number of carbonyl (C=O) groups excluding carboxylic acids is 1. The lowest BCUT2D eigenvalue weighted by Gasteiger charge is -2.42. The third-order valence-electron chi connectivity index (χ3n) is 5.77. The summed E-state index contributed by atoms with van der Waals surface area (Å²) < 4.78 is 26.7. The Bertz CT molecular complexity index is 1200. The molecule has 2 fully saturated rings. The Balaban J connectivity index is 1.59. The first-order valence-corrected chi connectivity index (χ1v) is 11.3. The van der Waals surface area contributed by atoms with Gasteiger partial charge in [-0.15, -0.1) is 0 Å². The molecule has 5 rings (SSSR count). The van der Waals surface area contributed by atoms with E-state index in [1.165, 1.54) is 6.26 Å². The van der Waals surface area contributed by atoms with Crippen LogP contribution < -0.4 is 4.90 Å². The summed E-state index contributed by atoms with van der Waals surface area (Å²) in [6.45, 7) is 6.55. The van der Waals surface area contributed by atoms with E-state index in [0.29, 0.717) is 35.3 Å². The van der Waals surface area contributed by atoms with Gasteiger partial charge in [0.15, 0.2) is 5.82 Å². The molecule has 0 unspecified atom stereocenters. The first-order chi connectivity index (χ1) is 14.6. The monoisotopic (exact) mass is 510 g/mol. The van der Waals surface area contributed by atoms with Crippen LogP contribution in [-0.4, -0.2) is 51.7 Å². The fourth-order valence-electron chi connectivity index (χ4n) is 4.60. The lowest BCUT2D eigenvalue weighted by Crippen LogP contribution is -2.56. The molecule has 0 saturated carbocycles. The van der Waals surface area contributed by atoms with Crippen LogP contribution in [0.3, 0.4) is 0 Å². The summed E-state index contributed by atoms with van der Waals surface area (Å²) >= 11 is 9.51. The number of piperazine rings is 1. The standard InChI is InChI=1S/C21H21BrClFN4O3/c1-21(2,3)31-20(29)27-8-10-4-5-11(9-27)28(10)18-13-16(25-19(23)26-18)15(24)14(22)12-6-7-30-17(12)13/h6-7,10-11H,4-5,8-9H2,1-3H3/t10-,11+. The summed E-state index contributed by atoms with van der Waals surface area (Å²) in [6, 6.07) is 1.73. The van der Waals surface area contributed by atoms with Gasteiger partial charge in [0.2, 0.25) is 5.28 Å². The minimum atomic E-state index is -0.556. The number of nitrogens with zero attached hydrogens (tertiary/aromatic N) is 4. The van der Waals surface area contributed by atoms with E-state index in [9.17, 15) is 4.79 Å². The highest BCUT2D eigenvalue weighted by Crippen LogP contribution is 2.43. The zero-order valence-electron chi connectivity index (χ0n) is 17.3. The molecule has 7 nitrogen and oxygen atoms in total. The lowest BCUT2D eigenvalue weighted by molar-refractivity contribution is 0.0209. The smallest absolute Gasteiger partial charge is 0.410 e. The number of hydrogen-bond acceptors (Lipinski definition) is 6. The molecule has 1 aromatic carbocycles. The Hall–Kier alpha value is -2.13. The van der Waals surface area contributed by atoms with Crippen LogP contribution >= 0.6 is 27.5 Å². The summed E-state index contributed by atoms with van der Waals surface area (Å²) in [5.41, 5.74) is 0.0571. The molecule has 2 bridgehead atoms. The molecule has 0 radical (unpaired) electrons. The molecule has 2 aromatic heterocycles. The van der Waals surface area contributed by atoms with Crippen molar-refractivity contribution >= 4 is 61.3 Å². The van der Waals surface area contributed by atoms with Crippen molar-refractivity contribution in [2.24, 2.45) is 0 Å². The SMILES string of the molecule is CC(C)(C)OC(=O)N1C[C@H]2CC[C@@H](C1)N2c1nc(Cl)nc2c(F)c(Br)c3ccoc3c12. The van der Waals surface area contributed by atoms with Crippen molar-refractivity contribution in [1.82, 2.24) is 14.9 Å². The van der Waals surface area contributed by atoms with E-state index in [1.54, 1.807) is 11.0 Å². The Morgan fingerprint density at radius 1 is 1.29 bits per heavy atom. The van der Waals surface area contributed by atoms with Gasteiger partial charge in [-0.1, -0.05) is 0 Å². The van der Waals surface area contributed by atoms with Gasteiger partial charge in [-0.25, -0.2) is 14.2 Å². The topological polar surface area (TPSA) is 71.7 Å². The number of benzene rings is 1. The molecule has 2 aliphatic heterocycles. The molecule has 31 heavy (non-hydrogen) atoms. The molecule has 2 atom stereocenters. The van der Waals surface area contributed by atoms with Crippen molar-refractivity contribution in [2.75, 3.05) is 18.0 Å². The first-order valence-electron chi connectivity index (χ1n) is 10.1. The van der Waals surface area contributed by atoms with E-state index < -0.39 is 11.4 Å². The molecule has 164 valence electrons. The number of hydrogen-bond donors (Lipinski definition) is 0. The van der Waals surface area contributed by atoms with Crippen LogP contribution in [0.4, 0.5) is 15.0 Å². The molecule has 2 aliphatic rings. The third-order valence-corrected chi connectivity index (χ3v) is 6.71. The average Bonchev–Trinajstić information content (AvgIpc) is 3.26. The first kappa shape index (κ1) is 20.8. The van der Waals surface area contributed by atoms with E-state index >= 15 is 4.39 Å². The van der Waals surface area contributed by atoms with Gasteiger partial charge in [0, 0.05) is 30.6 Å². The molecule has 10 heteroatoms. The largest absolute Gasteiger partial charge is 0.463 e. The van der Waals surface area contributed by atoms with Crippen LogP contribution in [0, 0.1) is 5.82 Å². The molecular weight excluding hydrogens is 491 g/mol. The van der Waals surface area contributed by atoms with Crippen molar-refractivity contribution in [1.29, 1.82) is 0 Å². The fraction of sp³-hybridized carbons (Fsp3) is 0.476. The number of carbonyl (C=O) groups is 1. The highest BCUT2D eigenvalue weighted by atomic mass is 79.9. The average molecular weight is 512 g/mol. The van der Waals surface area contributed by atoms with Crippen LogP contribution in [0.5, 0.6) is 0 Å². The molecule has 1 amide bonds. The summed E-state index contributed by atoms with van der Waals surface area (Å²) in [5.74, 6) is 0.0341. The third kappa shape index (κ3) is 3.42. The quantitative estimate of drug-likeness (QED) is 0.401. The normalized spacial score (nSPS) is 21.4. The maximum Gasteiger partial charge on any atom is 0.410 e. The van der Waals surface area contributed by atoms with Crippen LogP contribution in [0.15, 0.2) is 21.2 Å². The van der Waals surface area contributed by atoms with Crippen molar-refractivity contribution in [3.8, 4) is 0 Å². The summed E-state index contributed by atoms with van der Waals surface area (Å²) in [7, 11) is 0. The van der Waals surface area contributed by atoms with E-state index in [-0.39, 0.29) is 33.4 Å². The number of amides is 1. The lowest BCUT2D eigenvalue weighted by atomic mass is 10.1. The number of likely N-dealkylation sites (tertiary alicyclic amines) is 1. The summed E-state index contributed by atoms with van der Waals surface area (Å²) in [6.07, 6.45) is 2.96. The Morgan fingerprint density at radius 2 is 1.97 bits per heavy atom. The maximum absolute atomic E-state index is 15.1.